The standard InChI is InChI=1S/C25H18Cl2N4O4/c1-3-4-9-31-24(34)15(11-28)12(2)20(25(31)35)29-30-21-17(27)10-16(26)18-19(21)23(33)14-8-6-5-7-13(14)22(18)32/h5-8,10,35H,3-4,9H2,1-2H3/b30-29+. The van der Waals surface area contributed by atoms with Crippen molar-refractivity contribution in [2.24, 2.45) is 10.2 Å². The number of carbonyl (C=O) groups excluding carboxylic acids is 2. The molecule has 0 radical (unpaired) electrons. The fourth-order valence-electron chi connectivity index (χ4n) is 3.98. The van der Waals surface area contributed by atoms with Crippen molar-refractivity contribution in [2.75, 3.05) is 0 Å². The second-order valence-electron chi connectivity index (χ2n) is 7.94. The van der Waals surface area contributed by atoms with Gasteiger partial charge in [-0.25, -0.2) is 0 Å². The fraction of sp³-hybridized carbons (Fsp3) is 0.200. The molecule has 1 heterocycles. The van der Waals surface area contributed by atoms with Crippen molar-refractivity contribution < 1.29 is 14.7 Å². The number of pyridine rings is 1. The number of rotatable bonds is 5. The average Bonchev–Trinajstić information content (AvgIpc) is 2.83. The van der Waals surface area contributed by atoms with Crippen LogP contribution in [0, 0.1) is 18.3 Å². The van der Waals surface area contributed by atoms with Crippen LogP contribution in [0.15, 0.2) is 45.4 Å². The minimum Gasteiger partial charge on any atom is -0.493 e. The molecule has 0 unspecified atom stereocenters. The van der Waals surface area contributed by atoms with E-state index >= 15 is 0 Å². The van der Waals surface area contributed by atoms with Gasteiger partial charge in [0.1, 0.15) is 17.3 Å². The van der Waals surface area contributed by atoms with Gasteiger partial charge >= 0.3 is 0 Å². The summed E-state index contributed by atoms with van der Waals surface area (Å²) in [5, 5.41) is 28.4. The highest BCUT2D eigenvalue weighted by Gasteiger charge is 2.35. The van der Waals surface area contributed by atoms with Crippen molar-refractivity contribution >= 4 is 46.1 Å². The molecule has 1 aromatic heterocycles. The van der Waals surface area contributed by atoms with Crippen LogP contribution in [0.5, 0.6) is 5.88 Å². The normalized spacial score (nSPS) is 12.5. The highest BCUT2D eigenvalue weighted by Crippen LogP contribution is 2.43. The van der Waals surface area contributed by atoms with Gasteiger partial charge in [-0.2, -0.15) is 5.26 Å². The van der Waals surface area contributed by atoms with E-state index in [2.05, 4.69) is 10.2 Å². The molecular weight excluding hydrogens is 491 g/mol. The van der Waals surface area contributed by atoms with E-state index in [4.69, 9.17) is 23.2 Å². The largest absolute Gasteiger partial charge is 0.493 e. The molecule has 8 nitrogen and oxygen atoms in total. The number of hydrogen-bond acceptors (Lipinski definition) is 7. The van der Waals surface area contributed by atoms with Gasteiger partial charge in [-0.05, 0) is 19.4 Å². The molecule has 0 saturated carbocycles. The van der Waals surface area contributed by atoms with Crippen LogP contribution >= 0.6 is 23.2 Å². The second kappa shape index (κ2) is 9.45. The van der Waals surface area contributed by atoms with Gasteiger partial charge in [0.15, 0.2) is 17.3 Å². The third-order valence-electron chi connectivity index (χ3n) is 5.83. The number of aromatic hydroxyl groups is 1. The number of fused-ring (bicyclic) bond motifs is 2. The van der Waals surface area contributed by atoms with Gasteiger partial charge in [-0.3, -0.25) is 19.0 Å². The molecule has 3 aromatic rings. The van der Waals surface area contributed by atoms with Gasteiger partial charge in [0.2, 0.25) is 5.88 Å². The van der Waals surface area contributed by atoms with Gasteiger partial charge in [0.25, 0.3) is 5.56 Å². The maximum atomic E-state index is 13.3. The lowest BCUT2D eigenvalue weighted by Gasteiger charge is -2.20. The summed E-state index contributed by atoms with van der Waals surface area (Å²) in [6.45, 7) is 3.56. The first-order chi connectivity index (χ1) is 16.7. The molecule has 35 heavy (non-hydrogen) atoms. The quantitative estimate of drug-likeness (QED) is 0.329. The molecular formula is C25H18Cl2N4O4. The molecule has 0 atom stereocenters. The Bertz CT molecular complexity index is 1550. The van der Waals surface area contributed by atoms with E-state index in [0.29, 0.717) is 6.42 Å². The van der Waals surface area contributed by atoms with Gasteiger partial charge in [0, 0.05) is 23.2 Å². The number of nitriles is 1. The Labute approximate surface area is 210 Å². The molecule has 0 fully saturated rings. The van der Waals surface area contributed by atoms with E-state index in [1.165, 1.54) is 25.1 Å². The zero-order valence-electron chi connectivity index (χ0n) is 18.7. The number of carbonyl (C=O) groups is 2. The molecule has 0 amide bonds. The molecule has 4 rings (SSSR count). The smallest absolute Gasteiger partial charge is 0.271 e. The highest BCUT2D eigenvalue weighted by atomic mass is 35.5. The van der Waals surface area contributed by atoms with E-state index in [1.807, 2.05) is 13.0 Å². The van der Waals surface area contributed by atoms with Crippen LogP contribution < -0.4 is 5.56 Å². The summed E-state index contributed by atoms with van der Waals surface area (Å²) in [7, 11) is 0. The Hall–Kier alpha value is -3.80. The van der Waals surface area contributed by atoms with E-state index < -0.39 is 23.0 Å². The Morgan fingerprint density at radius 3 is 2.20 bits per heavy atom. The Morgan fingerprint density at radius 1 is 1.00 bits per heavy atom. The number of ketones is 2. The van der Waals surface area contributed by atoms with Crippen molar-refractivity contribution in [1.82, 2.24) is 4.57 Å². The minimum atomic E-state index is -0.630. The van der Waals surface area contributed by atoms with Gasteiger partial charge < -0.3 is 5.11 Å². The van der Waals surface area contributed by atoms with Crippen molar-refractivity contribution in [3.05, 3.63) is 84.1 Å². The zero-order valence-corrected chi connectivity index (χ0v) is 20.2. The SMILES string of the molecule is CCCCn1c(O)c(/N=N/c2c(Cl)cc(Cl)c3c2C(=O)c2ccccc2C3=O)c(C)c(C#N)c1=O. The predicted molar refractivity (Wildman–Crippen MR) is 131 cm³/mol. The van der Waals surface area contributed by atoms with Gasteiger partial charge in [-0.15, -0.1) is 10.2 Å². The Morgan fingerprint density at radius 2 is 1.60 bits per heavy atom. The molecule has 1 aliphatic carbocycles. The topological polar surface area (TPSA) is 125 Å². The summed E-state index contributed by atoms with van der Waals surface area (Å²) in [6, 6.07) is 9.48. The molecule has 0 spiro atoms. The van der Waals surface area contributed by atoms with E-state index in [9.17, 15) is 24.8 Å². The summed E-state index contributed by atoms with van der Waals surface area (Å²) in [6.07, 6.45) is 1.34. The molecule has 0 aliphatic heterocycles. The molecule has 0 bridgehead atoms. The van der Waals surface area contributed by atoms with Crippen LogP contribution in [0.1, 0.15) is 62.7 Å². The molecule has 1 N–H and O–H groups in total. The summed E-state index contributed by atoms with van der Waals surface area (Å²) in [5.74, 6) is -1.41. The van der Waals surface area contributed by atoms with Crippen LogP contribution in [0.3, 0.4) is 0 Å². The Balaban J connectivity index is 1.94. The second-order valence-corrected chi connectivity index (χ2v) is 8.75. The zero-order chi connectivity index (χ0) is 25.4. The van der Waals surface area contributed by atoms with Crippen LogP contribution in [-0.4, -0.2) is 21.2 Å². The fourth-order valence-corrected chi connectivity index (χ4v) is 4.57. The van der Waals surface area contributed by atoms with Gasteiger partial charge in [0.05, 0.1) is 21.2 Å². The summed E-state index contributed by atoms with van der Waals surface area (Å²) >= 11 is 12.7. The number of unbranched alkanes of at least 4 members (excludes halogenated alkanes) is 1. The van der Waals surface area contributed by atoms with E-state index in [-0.39, 0.29) is 61.3 Å². The van der Waals surface area contributed by atoms with Crippen LogP contribution in [0.25, 0.3) is 0 Å². The van der Waals surface area contributed by atoms with Crippen LogP contribution in [-0.2, 0) is 6.54 Å². The monoisotopic (exact) mass is 508 g/mol. The molecule has 176 valence electrons. The van der Waals surface area contributed by atoms with Crippen LogP contribution in [0.4, 0.5) is 11.4 Å². The van der Waals surface area contributed by atoms with Crippen molar-refractivity contribution in [2.45, 2.75) is 33.2 Å². The maximum absolute atomic E-state index is 13.3. The first-order valence-corrected chi connectivity index (χ1v) is 11.5. The number of halogens is 2. The first kappa shape index (κ1) is 24.3. The lowest BCUT2D eigenvalue weighted by Crippen LogP contribution is -2.24. The van der Waals surface area contributed by atoms with Crippen LogP contribution in [0.2, 0.25) is 10.0 Å². The van der Waals surface area contributed by atoms with Gasteiger partial charge in [-0.1, -0.05) is 60.8 Å². The lowest BCUT2D eigenvalue weighted by atomic mass is 9.83. The third kappa shape index (κ3) is 3.93. The number of nitrogens with zero attached hydrogens (tertiary/aromatic N) is 4. The van der Waals surface area contributed by atoms with E-state index in [0.717, 1.165) is 11.0 Å². The molecule has 0 saturated heterocycles. The minimum absolute atomic E-state index is 0.00397. The van der Waals surface area contributed by atoms with E-state index in [1.54, 1.807) is 12.1 Å². The summed E-state index contributed by atoms with van der Waals surface area (Å²) in [5.41, 5.74) is -0.669. The first-order valence-electron chi connectivity index (χ1n) is 10.7. The molecule has 10 heteroatoms. The maximum Gasteiger partial charge on any atom is 0.271 e. The molecule has 1 aliphatic rings. The number of azo groups is 1. The van der Waals surface area contributed by atoms with Crippen molar-refractivity contribution in [3.63, 3.8) is 0 Å². The van der Waals surface area contributed by atoms with Crippen molar-refractivity contribution in [1.29, 1.82) is 5.26 Å². The molecule has 2 aromatic carbocycles. The summed E-state index contributed by atoms with van der Waals surface area (Å²) < 4.78 is 1.06. The van der Waals surface area contributed by atoms with Crippen molar-refractivity contribution in [3.8, 4) is 11.9 Å². The number of aromatic nitrogens is 1. The lowest BCUT2D eigenvalue weighted by molar-refractivity contribution is 0.0979. The predicted octanol–water partition coefficient (Wildman–Crippen LogP) is 6.03. The third-order valence-corrected chi connectivity index (χ3v) is 6.42. The Kier molecular flexibility index (Phi) is 6.57. The number of benzene rings is 2. The number of hydrogen-bond donors (Lipinski definition) is 1. The summed E-state index contributed by atoms with van der Waals surface area (Å²) in [4.78, 5) is 39.1. The average molecular weight is 509 g/mol. The highest BCUT2D eigenvalue weighted by molar-refractivity contribution is 6.43.